The highest BCUT2D eigenvalue weighted by molar-refractivity contribution is 7.89. The smallest absolute Gasteiger partial charge is 0.367 e. The molecule has 0 atom stereocenters. The Labute approximate surface area is 170 Å². The van der Waals surface area contributed by atoms with Crippen LogP contribution in [0.25, 0.3) is 0 Å². The molecule has 0 radical (unpaired) electrons. The molecule has 0 unspecified atom stereocenters. The van der Waals surface area contributed by atoms with Crippen LogP contribution in [0.1, 0.15) is 5.56 Å². The first-order valence-electron chi connectivity index (χ1n) is 8.66. The lowest BCUT2D eigenvalue weighted by molar-refractivity contribution is -0.137. The molecule has 0 aliphatic heterocycles. The second-order valence-electron chi connectivity index (χ2n) is 6.01. The molecule has 30 heavy (non-hydrogen) atoms. The number of anilines is 3. The van der Waals surface area contributed by atoms with E-state index in [2.05, 4.69) is 30.5 Å². The number of aromatic nitrogens is 3. The third kappa shape index (κ3) is 5.87. The number of nitrogens with zero attached hydrogens (tertiary/aromatic N) is 3. The van der Waals surface area contributed by atoms with Crippen LogP contribution in [0.15, 0.2) is 65.8 Å². The van der Waals surface area contributed by atoms with Gasteiger partial charge >= 0.3 is 6.18 Å². The molecule has 0 spiro atoms. The molecule has 0 aliphatic rings. The number of hydrogen-bond acceptors (Lipinski definition) is 7. The van der Waals surface area contributed by atoms with Crippen molar-refractivity contribution in [3.05, 3.63) is 66.5 Å². The fourth-order valence-electron chi connectivity index (χ4n) is 2.38. The highest BCUT2D eigenvalue weighted by atomic mass is 32.2. The van der Waals surface area contributed by atoms with E-state index in [1.54, 1.807) is 36.7 Å². The van der Waals surface area contributed by atoms with Gasteiger partial charge in [0.05, 0.1) is 10.5 Å². The molecule has 2 heterocycles. The van der Waals surface area contributed by atoms with E-state index in [-0.39, 0.29) is 13.1 Å². The maximum atomic E-state index is 12.8. The number of benzene rings is 1. The van der Waals surface area contributed by atoms with Crippen LogP contribution in [-0.4, -0.2) is 36.7 Å². The molecule has 0 saturated carbocycles. The molecular weight excluding hydrogens is 421 g/mol. The molecule has 0 amide bonds. The summed E-state index contributed by atoms with van der Waals surface area (Å²) < 4.78 is 64.9. The Morgan fingerprint density at radius 3 is 2.27 bits per heavy atom. The number of pyridine rings is 1. The van der Waals surface area contributed by atoms with E-state index >= 15 is 0 Å². The minimum Gasteiger partial charge on any atom is -0.367 e. The van der Waals surface area contributed by atoms with Gasteiger partial charge in [-0.3, -0.25) is 4.98 Å². The molecule has 0 fully saturated rings. The second-order valence-corrected chi connectivity index (χ2v) is 7.78. The fraction of sp³-hybridized carbons (Fsp3) is 0.167. The number of hydrogen-bond donors (Lipinski definition) is 3. The lowest BCUT2D eigenvalue weighted by atomic mass is 10.2. The van der Waals surface area contributed by atoms with E-state index in [1.165, 1.54) is 0 Å². The van der Waals surface area contributed by atoms with Crippen LogP contribution in [0.3, 0.4) is 0 Å². The van der Waals surface area contributed by atoms with Crippen molar-refractivity contribution in [3.8, 4) is 0 Å². The van der Waals surface area contributed by atoms with Crippen molar-refractivity contribution in [1.29, 1.82) is 0 Å². The highest BCUT2D eigenvalue weighted by Gasteiger charge is 2.31. The van der Waals surface area contributed by atoms with Crippen LogP contribution < -0.4 is 15.4 Å². The third-order valence-electron chi connectivity index (χ3n) is 3.81. The molecule has 3 N–H and O–H groups in total. The van der Waals surface area contributed by atoms with Crippen molar-refractivity contribution in [2.24, 2.45) is 0 Å². The number of sulfonamides is 1. The molecule has 3 rings (SSSR count). The van der Waals surface area contributed by atoms with E-state index in [4.69, 9.17) is 0 Å². The molecule has 12 heteroatoms. The highest BCUT2D eigenvalue weighted by Crippen LogP contribution is 2.30. The summed E-state index contributed by atoms with van der Waals surface area (Å²) in [6.45, 7) is 0.0985. The minimum absolute atomic E-state index is 0.0583. The summed E-state index contributed by atoms with van der Waals surface area (Å²) in [6, 6.07) is 10.4. The summed E-state index contributed by atoms with van der Waals surface area (Å²) in [5.41, 5.74) is -0.233. The predicted molar refractivity (Wildman–Crippen MR) is 105 cm³/mol. The first kappa shape index (κ1) is 21.5. The van der Waals surface area contributed by atoms with E-state index in [9.17, 15) is 21.6 Å². The summed E-state index contributed by atoms with van der Waals surface area (Å²) in [4.78, 5) is 3.45. The zero-order valence-corrected chi connectivity index (χ0v) is 16.2. The number of halogens is 3. The average molecular weight is 438 g/mol. The van der Waals surface area contributed by atoms with Gasteiger partial charge in [-0.05, 0) is 42.5 Å². The zero-order valence-electron chi connectivity index (χ0n) is 15.4. The van der Waals surface area contributed by atoms with E-state index < -0.39 is 26.7 Å². The Hall–Kier alpha value is -3.25. The van der Waals surface area contributed by atoms with Gasteiger partial charge in [-0.15, -0.1) is 10.2 Å². The fourth-order valence-corrected chi connectivity index (χ4v) is 3.45. The van der Waals surface area contributed by atoms with E-state index in [1.807, 2.05) is 0 Å². The van der Waals surface area contributed by atoms with Crippen molar-refractivity contribution < 1.29 is 21.6 Å². The van der Waals surface area contributed by atoms with Crippen LogP contribution in [-0.2, 0) is 16.2 Å². The average Bonchev–Trinajstić information content (AvgIpc) is 2.73. The summed E-state index contributed by atoms with van der Waals surface area (Å²) in [6.07, 6.45) is -1.36. The summed E-state index contributed by atoms with van der Waals surface area (Å²) >= 11 is 0. The van der Waals surface area contributed by atoms with Crippen molar-refractivity contribution in [1.82, 2.24) is 19.9 Å². The molecule has 0 bridgehead atoms. The monoisotopic (exact) mass is 438 g/mol. The molecule has 158 valence electrons. The first-order chi connectivity index (χ1) is 14.2. The maximum absolute atomic E-state index is 12.8. The second kappa shape index (κ2) is 9.05. The van der Waals surface area contributed by atoms with Crippen molar-refractivity contribution in [2.75, 3.05) is 23.7 Å². The summed E-state index contributed by atoms with van der Waals surface area (Å²) in [5.74, 6) is 0.922. The number of nitrogens with one attached hydrogen (secondary N) is 3. The summed E-state index contributed by atoms with van der Waals surface area (Å²) in [7, 11) is -4.08. The molecule has 0 aliphatic carbocycles. The van der Waals surface area contributed by atoms with Gasteiger partial charge in [0.2, 0.25) is 10.0 Å². The Morgan fingerprint density at radius 1 is 0.900 bits per heavy atom. The van der Waals surface area contributed by atoms with Gasteiger partial charge in [-0.25, -0.2) is 13.1 Å². The first-order valence-corrected chi connectivity index (χ1v) is 10.1. The van der Waals surface area contributed by atoms with Crippen LogP contribution in [0.2, 0.25) is 0 Å². The molecular formula is C18H17F3N6O2S. The Kier molecular flexibility index (Phi) is 6.47. The van der Waals surface area contributed by atoms with E-state index in [0.717, 1.165) is 23.9 Å². The van der Waals surface area contributed by atoms with Crippen molar-refractivity contribution >= 4 is 27.3 Å². The molecule has 3 aromatic rings. The standard InChI is InChI=1S/C18H17F3N6O2S/c19-18(20,21)13-2-1-3-15(12-13)30(28,29)24-11-10-23-16-4-5-17(27-26-16)25-14-6-8-22-9-7-14/h1-9,12,24H,10-11H2,(H,23,26)(H,22,25,27). The van der Waals surface area contributed by atoms with Crippen molar-refractivity contribution in [2.45, 2.75) is 11.1 Å². The molecule has 8 nitrogen and oxygen atoms in total. The molecule has 1 aromatic carbocycles. The number of rotatable bonds is 8. The Bertz CT molecular complexity index is 1080. The van der Waals surface area contributed by atoms with Crippen LogP contribution >= 0.6 is 0 Å². The van der Waals surface area contributed by atoms with Crippen molar-refractivity contribution in [3.63, 3.8) is 0 Å². The Balaban J connectivity index is 1.51. The van der Waals surface area contributed by atoms with Gasteiger partial charge in [0, 0.05) is 31.2 Å². The van der Waals surface area contributed by atoms with Gasteiger partial charge in [-0.2, -0.15) is 13.2 Å². The normalized spacial score (nSPS) is 11.8. The molecule has 0 saturated heterocycles. The van der Waals surface area contributed by atoms with Gasteiger partial charge in [0.15, 0.2) is 5.82 Å². The number of alkyl halides is 3. The quantitative estimate of drug-likeness (QED) is 0.464. The van der Waals surface area contributed by atoms with Gasteiger partial charge in [0.1, 0.15) is 5.82 Å². The van der Waals surface area contributed by atoms with Crippen LogP contribution in [0.4, 0.5) is 30.5 Å². The lowest BCUT2D eigenvalue weighted by Crippen LogP contribution is -2.29. The maximum Gasteiger partial charge on any atom is 0.416 e. The van der Waals surface area contributed by atoms with Gasteiger partial charge in [0.25, 0.3) is 0 Å². The van der Waals surface area contributed by atoms with Gasteiger partial charge in [-0.1, -0.05) is 6.07 Å². The lowest BCUT2D eigenvalue weighted by Gasteiger charge is -2.11. The zero-order chi connectivity index (χ0) is 21.6. The van der Waals surface area contributed by atoms with E-state index in [0.29, 0.717) is 17.7 Å². The molecule has 2 aromatic heterocycles. The topological polar surface area (TPSA) is 109 Å². The van der Waals surface area contributed by atoms with Crippen LogP contribution in [0.5, 0.6) is 0 Å². The minimum atomic E-state index is -4.62. The SMILES string of the molecule is O=S(=O)(NCCNc1ccc(Nc2ccncc2)nn1)c1cccc(C(F)(F)F)c1. The van der Waals surface area contributed by atoms with Gasteiger partial charge < -0.3 is 10.6 Å². The summed E-state index contributed by atoms with van der Waals surface area (Å²) in [5, 5.41) is 13.9. The Morgan fingerprint density at radius 2 is 1.60 bits per heavy atom. The predicted octanol–water partition coefficient (Wildman–Crippen LogP) is 3.02. The largest absolute Gasteiger partial charge is 0.416 e. The third-order valence-corrected chi connectivity index (χ3v) is 5.27. The van der Waals surface area contributed by atoms with Crippen LogP contribution in [0, 0.1) is 0 Å².